The first-order chi connectivity index (χ1) is 19.6. The summed E-state index contributed by atoms with van der Waals surface area (Å²) in [4.78, 5) is 20.2. The van der Waals surface area contributed by atoms with Crippen LogP contribution in [0.2, 0.25) is 0 Å². The Morgan fingerprint density at radius 3 is 2.05 bits per heavy atom. The van der Waals surface area contributed by atoms with Crippen molar-refractivity contribution in [2.75, 3.05) is 6.61 Å². The lowest BCUT2D eigenvalue weighted by molar-refractivity contribution is 0.0697. The van der Waals surface area contributed by atoms with Gasteiger partial charge in [0, 0.05) is 23.5 Å². The van der Waals surface area contributed by atoms with Crippen LogP contribution in [0, 0.1) is 0 Å². The number of hydrogen-bond donors (Lipinski definition) is 1. The van der Waals surface area contributed by atoms with E-state index < -0.39 is 5.97 Å². The summed E-state index contributed by atoms with van der Waals surface area (Å²) < 4.78 is 7.56. The Morgan fingerprint density at radius 1 is 0.750 bits per heavy atom. The lowest BCUT2D eigenvalue weighted by Crippen LogP contribution is -2.01. The molecule has 0 bridgehead atoms. The predicted molar refractivity (Wildman–Crippen MR) is 156 cm³/mol. The number of nitrogens with zero attached hydrogens (tertiary/aromatic N) is 4. The fourth-order valence-corrected chi connectivity index (χ4v) is 4.59. The molecule has 4 aromatic carbocycles. The van der Waals surface area contributed by atoms with E-state index in [1.807, 2.05) is 41.1 Å². The SMILES string of the molecule is CCCOc1ccc(-c2ccc(-c3cc(-c4ccc5nccnc5c4)nn3-c3ccc(C(=O)O)cc3)cc2)cc1. The molecule has 0 radical (unpaired) electrons. The van der Waals surface area contributed by atoms with Crippen LogP contribution in [0.5, 0.6) is 5.75 Å². The maximum absolute atomic E-state index is 11.4. The number of hydrogen-bond acceptors (Lipinski definition) is 5. The van der Waals surface area contributed by atoms with Crippen LogP contribution in [0.1, 0.15) is 23.7 Å². The van der Waals surface area contributed by atoms with Crippen molar-refractivity contribution in [1.29, 1.82) is 0 Å². The average molecular weight is 527 g/mol. The highest BCUT2D eigenvalue weighted by molar-refractivity contribution is 5.88. The second-order valence-electron chi connectivity index (χ2n) is 9.39. The first-order valence-corrected chi connectivity index (χ1v) is 13.1. The minimum atomic E-state index is -0.967. The van der Waals surface area contributed by atoms with E-state index in [9.17, 15) is 9.90 Å². The van der Waals surface area contributed by atoms with E-state index in [1.165, 1.54) is 0 Å². The van der Waals surface area contributed by atoms with Crippen molar-refractivity contribution in [3.05, 3.63) is 115 Å². The molecular weight excluding hydrogens is 500 g/mol. The van der Waals surface area contributed by atoms with E-state index in [2.05, 4.69) is 53.3 Å². The number of rotatable bonds is 8. The lowest BCUT2D eigenvalue weighted by atomic mass is 10.0. The van der Waals surface area contributed by atoms with Crippen molar-refractivity contribution in [2.45, 2.75) is 13.3 Å². The van der Waals surface area contributed by atoms with Crippen LogP contribution in [-0.4, -0.2) is 37.4 Å². The van der Waals surface area contributed by atoms with Gasteiger partial charge in [0.1, 0.15) is 5.75 Å². The number of carboxylic acid groups (broad SMARTS) is 1. The molecule has 7 heteroatoms. The molecule has 2 aromatic heterocycles. The highest BCUT2D eigenvalue weighted by Crippen LogP contribution is 2.32. The molecular formula is C33H26N4O3. The molecule has 2 heterocycles. The van der Waals surface area contributed by atoms with E-state index in [0.717, 1.165) is 62.5 Å². The fourth-order valence-electron chi connectivity index (χ4n) is 4.59. The molecule has 0 spiro atoms. The fraction of sp³-hybridized carbons (Fsp3) is 0.0909. The normalized spacial score (nSPS) is 11.0. The second kappa shape index (κ2) is 10.8. The summed E-state index contributed by atoms with van der Waals surface area (Å²) in [5.41, 5.74) is 8.34. The van der Waals surface area contributed by atoms with E-state index in [4.69, 9.17) is 9.84 Å². The molecule has 196 valence electrons. The van der Waals surface area contributed by atoms with Gasteiger partial charge in [-0.1, -0.05) is 49.4 Å². The van der Waals surface area contributed by atoms with Crippen LogP contribution in [0.3, 0.4) is 0 Å². The smallest absolute Gasteiger partial charge is 0.335 e. The molecule has 0 aliphatic rings. The first kappa shape index (κ1) is 25.0. The van der Waals surface area contributed by atoms with Gasteiger partial charge in [-0.25, -0.2) is 9.48 Å². The predicted octanol–water partition coefficient (Wildman–Crippen LogP) is 7.30. The number of benzene rings is 4. The van der Waals surface area contributed by atoms with Crippen molar-refractivity contribution in [3.63, 3.8) is 0 Å². The Bertz CT molecular complexity index is 1790. The zero-order chi connectivity index (χ0) is 27.5. The van der Waals surface area contributed by atoms with Crippen LogP contribution in [0.4, 0.5) is 0 Å². The van der Waals surface area contributed by atoms with Crippen molar-refractivity contribution in [2.24, 2.45) is 0 Å². The molecule has 40 heavy (non-hydrogen) atoms. The summed E-state index contributed by atoms with van der Waals surface area (Å²) in [5, 5.41) is 14.3. The van der Waals surface area contributed by atoms with E-state index >= 15 is 0 Å². The molecule has 6 rings (SSSR count). The molecule has 0 saturated heterocycles. The standard InChI is InChI=1S/C33H26N4O3/c1-2-19-40-28-14-9-23(10-15-28)22-3-5-24(6-4-22)32-21-30(26-11-16-29-31(20-26)35-18-17-34-29)36-37(32)27-12-7-25(8-13-27)33(38)39/h3-18,20-21H,2,19H2,1H3,(H,38,39). The molecule has 0 amide bonds. The number of ether oxygens (including phenoxy) is 1. The van der Waals surface area contributed by atoms with Gasteiger partial charge >= 0.3 is 5.97 Å². The van der Waals surface area contributed by atoms with E-state index in [-0.39, 0.29) is 5.56 Å². The van der Waals surface area contributed by atoms with Gasteiger partial charge in [-0.05, 0) is 72.1 Å². The number of carbonyl (C=O) groups is 1. The minimum absolute atomic E-state index is 0.223. The Morgan fingerprint density at radius 2 is 1.38 bits per heavy atom. The Labute approximate surface area is 231 Å². The zero-order valence-corrected chi connectivity index (χ0v) is 21.9. The largest absolute Gasteiger partial charge is 0.494 e. The number of carboxylic acids is 1. The molecule has 0 unspecified atom stereocenters. The maximum atomic E-state index is 11.4. The third kappa shape index (κ3) is 5.05. The molecule has 7 nitrogen and oxygen atoms in total. The number of fused-ring (bicyclic) bond motifs is 1. The summed E-state index contributed by atoms with van der Waals surface area (Å²) in [6.45, 7) is 2.79. The Hall–Kier alpha value is -5.30. The van der Waals surface area contributed by atoms with Crippen LogP contribution in [0.25, 0.3) is 50.4 Å². The molecule has 0 atom stereocenters. The first-order valence-electron chi connectivity index (χ1n) is 13.1. The highest BCUT2D eigenvalue weighted by Gasteiger charge is 2.15. The van der Waals surface area contributed by atoms with Crippen LogP contribution in [-0.2, 0) is 0 Å². The van der Waals surface area contributed by atoms with Gasteiger partial charge in [0.25, 0.3) is 0 Å². The average Bonchev–Trinajstić information content (AvgIpc) is 3.46. The van der Waals surface area contributed by atoms with Gasteiger partial charge in [0.2, 0.25) is 0 Å². The summed E-state index contributed by atoms with van der Waals surface area (Å²) in [6, 6.07) is 31.1. The molecule has 0 saturated carbocycles. The van der Waals surface area contributed by atoms with Gasteiger partial charge in [0.05, 0.1) is 40.3 Å². The van der Waals surface area contributed by atoms with Gasteiger partial charge in [-0.2, -0.15) is 5.10 Å². The third-order valence-corrected chi connectivity index (χ3v) is 6.67. The molecule has 1 N–H and O–H groups in total. The Kier molecular flexibility index (Phi) is 6.77. The van der Waals surface area contributed by atoms with Crippen LogP contribution >= 0.6 is 0 Å². The zero-order valence-electron chi connectivity index (χ0n) is 21.9. The van der Waals surface area contributed by atoms with Crippen molar-refractivity contribution in [3.8, 4) is 45.1 Å². The van der Waals surface area contributed by atoms with Crippen LogP contribution in [0.15, 0.2) is 109 Å². The monoisotopic (exact) mass is 526 g/mol. The highest BCUT2D eigenvalue weighted by atomic mass is 16.5. The topological polar surface area (TPSA) is 90.1 Å². The van der Waals surface area contributed by atoms with E-state index in [0.29, 0.717) is 6.61 Å². The third-order valence-electron chi connectivity index (χ3n) is 6.67. The summed E-state index contributed by atoms with van der Waals surface area (Å²) in [7, 11) is 0. The maximum Gasteiger partial charge on any atom is 0.335 e. The van der Waals surface area contributed by atoms with E-state index in [1.54, 1.807) is 36.7 Å². The summed E-state index contributed by atoms with van der Waals surface area (Å²) >= 11 is 0. The van der Waals surface area contributed by atoms with Crippen molar-refractivity contribution in [1.82, 2.24) is 19.7 Å². The molecule has 0 fully saturated rings. The quantitative estimate of drug-likeness (QED) is 0.224. The van der Waals surface area contributed by atoms with Crippen molar-refractivity contribution < 1.29 is 14.6 Å². The van der Waals surface area contributed by atoms with Crippen LogP contribution < -0.4 is 4.74 Å². The van der Waals surface area contributed by atoms with Gasteiger partial charge < -0.3 is 9.84 Å². The number of aromatic nitrogens is 4. The molecule has 0 aliphatic carbocycles. The second-order valence-corrected chi connectivity index (χ2v) is 9.39. The summed E-state index contributed by atoms with van der Waals surface area (Å²) in [6.07, 6.45) is 4.32. The van der Waals surface area contributed by atoms with Crippen molar-refractivity contribution >= 4 is 17.0 Å². The lowest BCUT2D eigenvalue weighted by Gasteiger charge is -2.10. The molecule has 0 aliphatic heterocycles. The minimum Gasteiger partial charge on any atom is -0.494 e. The van der Waals surface area contributed by atoms with Gasteiger partial charge in [0.15, 0.2) is 0 Å². The Balaban J connectivity index is 1.39. The van der Waals surface area contributed by atoms with Gasteiger partial charge in [-0.3, -0.25) is 9.97 Å². The summed E-state index contributed by atoms with van der Waals surface area (Å²) in [5.74, 6) is -0.0991. The van der Waals surface area contributed by atoms with Gasteiger partial charge in [-0.15, -0.1) is 0 Å². The number of aromatic carboxylic acids is 1. The molecule has 6 aromatic rings.